The van der Waals surface area contributed by atoms with Gasteiger partial charge in [-0.15, -0.1) is 0 Å². The summed E-state index contributed by atoms with van der Waals surface area (Å²) < 4.78 is 37.9. The predicted octanol–water partition coefficient (Wildman–Crippen LogP) is 2.02. The second-order valence-corrected chi connectivity index (χ2v) is 2.87. The molecule has 0 fully saturated rings. The average molecular weight is 220 g/mol. The highest BCUT2D eigenvalue weighted by Crippen LogP contribution is 2.16. The van der Waals surface area contributed by atoms with Gasteiger partial charge in [-0.25, -0.2) is 13.2 Å². The molecule has 0 unspecified atom stereocenters. The van der Waals surface area contributed by atoms with Crippen LogP contribution >= 0.6 is 12.2 Å². The van der Waals surface area contributed by atoms with E-state index in [4.69, 9.17) is 12.2 Å². The van der Waals surface area contributed by atoms with Gasteiger partial charge in [0.2, 0.25) is 0 Å². The van der Waals surface area contributed by atoms with Crippen molar-refractivity contribution in [1.82, 2.24) is 5.32 Å². The molecule has 0 radical (unpaired) electrons. The van der Waals surface area contributed by atoms with Crippen LogP contribution in [-0.2, 0) is 0 Å². The number of rotatable bonds is 1. The Balaban J connectivity index is 2.95. The molecule has 0 amide bonds. The Morgan fingerprint density at radius 1 is 1.21 bits per heavy atom. The van der Waals surface area contributed by atoms with Gasteiger partial charge in [-0.3, -0.25) is 0 Å². The van der Waals surface area contributed by atoms with Crippen molar-refractivity contribution in [1.29, 1.82) is 0 Å². The maximum atomic E-state index is 12.7. The number of anilines is 1. The molecule has 1 aromatic rings. The van der Waals surface area contributed by atoms with E-state index in [0.29, 0.717) is 0 Å². The van der Waals surface area contributed by atoms with E-state index in [1.54, 1.807) is 7.05 Å². The fourth-order valence-electron chi connectivity index (χ4n) is 0.821. The van der Waals surface area contributed by atoms with Crippen LogP contribution in [-0.4, -0.2) is 12.2 Å². The molecule has 0 atom stereocenters. The summed E-state index contributed by atoms with van der Waals surface area (Å²) >= 11 is 4.70. The van der Waals surface area contributed by atoms with Gasteiger partial charge in [0.1, 0.15) is 0 Å². The molecule has 0 aromatic heterocycles. The van der Waals surface area contributed by atoms with Gasteiger partial charge in [-0.05, 0) is 12.2 Å². The Hall–Kier alpha value is -1.30. The molecular formula is C8H7F3N2S. The van der Waals surface area contributed by atoms with E-state index < -0.39 is 17.5 Å². The summed E-state index contributed by atoms with van der Waals surface area (Å²) in [5.41, 5.74) is 0.0563. The normalized spacial score (nSPS) is 9.71. The van der Waals surface area contributed by atoms with Crippen molar-refractivity contribution < 1.29 is 13.2 Å². The fraction of sp³-hybridized carbons (Fsp3) is 0.125. The largest absolute Gasteiger partial charge is 0.366 e. The van der Waals surface area contributed by atoms with E-state index in [1.165, 1.54) is 0 Å². The van der Waals surface area contributed by atoms with Gasteiger partial charge in [-0.2, -0.15) is 0 Å². The number of halogens is 3. The predicted molar refractivity (Wildman–Crippen MR) is 51.6 cm³/mol. The second kappa shape index (κ2) is 4.28. The van der Waals surface area contributed by atoms with Crippen LogP contribution in [0.3, 0.4) is 0 Å². The first-order valence-electron chi connectivity index (χ1n) is 3.68. The maximum absolute atomic E-state index is 12.7. The first kappa shape index (κ1) is 10.8. The monoisotopic (exact) mass is 220 g/mol. The molecule has 0 saturated heterocycles. The molecule has 0 aliphatic rings. The van der Waals surface area contributed by atoms with E-state index in [-0.39, 0.29) is 10.8 Å². The Bertz CT molecular complexity index is 345. The number of hydrogen-bond donors (Lipinski definition) is 2. The van der Waals surface area contributed by atoms with E-state index in [2.05, 4.69) is 10.6 Å². The molecule has 0 spiro atoms. The van der Waals surface area contributed by atoms with Crippen LogP contribution < -0.4 is 10.6 Å². The van der Waals surface area contributed by atoms with Crippen LogP contribution in [0.1, 0.15) is 0 Å². The second-order valence-electron chi connectivity index (χ2n) is 2.46. The lowest BCUT2D eigenvalue weighted by atomic mass is 10.3. The highest BCUT2D eigenvalue weighted by molar-refractivity contribution is 7.80. The van der Waals surface area contributed by atoms with Crippen LogP contribution in [0.4, 0.5) is 18.9 Å². The summed E-state index contributed by atoms with van der Waals surface area (Å²) in [5, 5.41) is 5.21. The van der Waals surface area contributed by atoms with Crippen LogP contribution in [0, 0.1) is 17.5 Å². The van der Waals surface area contributed by atoms with Crippen LogP contribution in [0.25, 0.3) is 0 Å². The van der Waals surface area contributed by atoms with E-state index in [1.807, 2.05) is 0 Å². The molecule has 2 nitrogen and oxygen atoms in total. The van der Waals surface area contributed by atoms with Crippen molar-refractivity contribution in [2.45, 2.75) is 0 Å². The quantitative estimate of drug-likeness (QED) is 0.559. The smallest absolute Gasteiger partial charge is 0.194 e. The lowest BCUT2D eigenvalue weighted by Gasteiger charge is -2.07. The molecule has 6 heteroatoms. The molecule has 14 heavy (non-hydrogen) atoms. The number of thiocarbonyl (C=S) groups is 1. The molecule has 0 saturated carbocycles. The summed E-state index contributed by atoms with van der Waals surface area (Å²) in [5.74, 6) is -4.01. The minimum Gasteiger partial charge on any atom is -0.366 e. The van der Waals surface area contributed by atoms with E-state index in [9.17, 15) is 13.2 Å². The standard InChI is InChI=1S/C8H7F3N2S/c1-12-8(14)13-4-2-5(9)7(11)6(10)3-4/h2-3H,1H3,(H2,12,13,14). The molecule has 1 aromatic carbocycles. The lowest BCUT2D eigenvalue weighted by Crippen LogP contribution is -2.24. The summed E-state index contributed by atoms with van der Waals surface area (Å²) in [6, 6.07) is 1.64. The zero-order valence-electron chi connectivity index (χ0n) is 7.20. The molecule has 0 bridgehead atoms. The Morgan fingerprint density at radius 2 is 1.71 bits per heavy atom. The van der Waals surface area contributed by atoms with Gasteiger partial charge in [0.25, 0.3) is 0 Å². The van der Waals surface area contributed by atoms with E-state index >= 15 is 0 Å². The third kappa shape index (κ3) is 2.35. The maximum Gasteiger partial charge on any atom is 0.194 e. The molecular weight excluding hydrogens is 213 g/mol. The summed E-state index contributed by atoms with van der Waals surface area (Å²) in [6.45, 7) is 0. The molecule has 0 aliphatic carbocycles. The van der Waals surface area contributed by atoms with Crippen molar-refractivity contribution in [3.63, 3.8) is 0 Å². The van der Waals surface area contributed by atoms with Gasteiger partial charge in [-0.1, -0.05) is 0 Å². The third-order valence-corrected chi connectivity index (χ3v) is 1.77. The molecule has 0 heterocycles. The van der Waals surface area contributed by atoms with Gasteiger partial charge in [0.15, 0.2) is 22.6 Å². The fourth-order valence-corrected chi connectivity index (χ4v) is 0.939. The van der Waals surface area contributed by atoms with Gasteiger partial charge < -0.3 is 10.6 Å². The molecule has 0 aliphatic heterocycles. The molecule has 2 N–H and O–H groups in total. The van der Waals surface area contributed by atoms with Gasteiger partial charge in [0, 0.05) is 24.9 Å². The Morgan fingerprint density at radius 3 is 2.14 bits per heavy atom. The Kier molecular flexibility index (Phi) is 3.29. The number of hydrogen-bond acceptors (Lipinski definition) is 1. The van der Waals surface area contributed by atoms with Crippen molar-refractivity contribution in [3.05, 3.63) is 29.6 Å². The van der Waals surface area contributed by atoms with Crippen LogP contribution in [0.15, 0.2) is 12.1 Å². The van der Waals surface area contributed by atoms with Crippen molar-refractivity contribution in [2.75, 3.05) is 12.4 Å². The SMILES string of the molecule is CNC(=S)Nc1cc(F)c(F)c(F)c1. The number of benzene rings is 1. The average Bonchev–Trinajstić information content (AvgIpc) is 2.14. The highest BCUT2D eigenvalue weighted by atomic mass is 32.1. The van der Waals surface area contributed by atoms with Crippen molar-refractivity contribution in [2.24, 2.45) is 0 Å². The van der Waals surface area contributed by atoms with E-state index in [0.717, 1.165) is 12.1 Å². The first-order chi connectivity index (χ1) is 6.54. The van der Waals surface area contributed by atoms with Gasteiger partial charge >= 0.3 is 0 Å². The Labute approximate surface area is 84.1 Å². The topological polar surface area (TPSA) is 24.1 Å². The van der Waals surface area contributed by atoms with Crippen molar-refractivity contribution >= 4 is 23.0 Å². The summed E-state index contributed by atoms with van der Waals surface area (Å²) in [7, 11) is 1.55. The minimum absolute atomic E-state index is 0.0563. The minimum atomic E-state index is -1.49. The zero-order chi connectivity index (χ0) is 10.7. The number of nitrogens with one attached hydrogen (secondary N) is 2. The summed E-state index contributed by atoms with van der Waals surface area (Å²) in [6.07, 6.45) is 0. The molecule has 76 valence electrons. The van der Waals surface area contributed by atoms with Crippen molar-refractivity contribution in [3.8, 4) is 0 Å². The van der Waals surface area contributed by atoms with Gasteiger partial charge in [0.05, 0.1) is 0 Å². The molecule has 1 rings (SSSR count). The highest BCUT2D eigenvalue weighted by Gasteiger charge is 2.10. The van der Waals surface area contributed by atoms with Crippen LogP contribution in [0.2, 0.25) is 0 Å². The summed E-state index contributed by atoms with van der Waals surface area (Å²) in [4.78, 5) is 0. The third-order valence-electron chi connectivity index (χ3n) is 1.47. The first-order valence-corrected chi connectivity index (χ1v) is 4.08. The lowest BCUT2D eigenvalue weighted by molar-refractivity contribution is 0.448. The zero-order valence-corrected chi connectivity index (χ0v) is 8.01. The van der Waals surface area contributed by atoms with Crippen LogP contribution in [0.5, 0.6) is 0 Å².